The molecule has 0 saturated heterocycles. The lowest BCUT2D eigenvalue weighted by Gasteiger charge is -2.12. The summed E-state index contributed by atoms with van der Waals surface area (Å²) in [6, 6.07) is 5.03. The summed E-state index contributed by atoms with van der Waals surface area (Å²) in [6.07, 6.45) is 2.87. The second-order valence-corrected chi connectivity index (χ2v) is 6.30. The fourth-order valence-electron chi connectivity index (χ4n) is 2.69. The Morgan fingerprint density at radius 2 is 2.16 bits per heavy atom. The number of hydrogen-bond acceptors (Lipinski definition) is 2. The standard InChI is InChI=1S/C18H27ClFN3O.HI/c1-3-21-18(22-10-5-6-11-24-4-2)23-16-12-13(16)17-14(19)8-7-9-15(17)20;/h7-9,13,16H,3-6,10-12H2,1-2H3,(H2,21,22,23);1H. The lowest BCUT2D eigenvalue weighted by Crippen LogP contribution is -2.39. The van der Waals surface area contributed by atoms with Crippen molar-refractivity contribution in [1.82, 2.24) is 10.6 Å². The van der Waals surface area contributed by atoms with Crippen LogP contribution in [0.4, 0.5) is 4.39 Å². The van der Waals surface area contributed by atoms with Crippen molar-refractivity contribution in [3.05, 3.63) is 34.6 Å². The molecule has 1 aromatic carbocycles. The van der Waals surface area contributed by atoms with E-state index in [0.717, 1.165) is 51.5 Å². The van der Waals surface area contributed by atoms with Crippen molar-refractivity contribution < 1.29 is 9.13 Å². The molecule has 0 spiro atoms. The highest BCUT2D eigenvalue weighted by atomic mass is 127. The highest BCUT2D eigenvalue weighted by Gasteiger charge is 2.41. The monoisotopic (exact) mass is 483 g/mol. The van der Waals surface area contributed by atoms with Gasteiger partial charge in [0.15, 0.2) is 5.96 Å². The molecule has 1 fully saturated rings. The van der Waals surface area contributed by atoms with Gasteiger partial charge in [-0.2, -0.15) is 0 Å². The van der Waals surface area contributed by atoms with Crippen molar-refractivity contribution in [1.29, 1.82) is 0 Å². The van der Waals surface area contributed by atoms with E-state index in [2.05, 4.69) is 15.6 Å². The van der Waals surface area contributed by atoms with Crippen molar-refractivity contribution in [2.45, 2.75) is 45.1 Å². The van der Waals surface area contributed by atoms with Gasteiger partial charge in [0.2, 0.25) is 0 Å². The van der Waals surface area contributed by atoms with Crippen LogP contribution >= 0.6 is 35.6 Å². The first-order valence-electron chi connectivity index (χ1n) is 8.73. The molecule has 2 atom stereocenters. The normalized spacial score (nSPS) is 19.3. The number of rotatable bonds is 9. The van der Waals surface area contributed by atoms with Gasteiger partial charge in [0.1, 0.15) is 5.82 Å². The summed E-state index contributed by atoms with van der Waals surface area (Å²) in [5.41, 5.74) is 0.615. The van der Waals surface area contributed by atoms with E-state index >= 15 is 0 Å². The zero-order chi connectivity index (χ0) is 17.4. The van der Waals surface area contributed by atoms with Crippen molar-refractivity contribution >= 4 is 41.5 Å². The van der Waals surface area contributed by atoms with E-state index in [1.807, 2.05) is 13.8 Å². The Morgan fingerprint density at radius 3 is 2.84 bits per heavy atom. The molecule has 1 aliphatic carbocycles. The third-order valence-corrected chi connectivity index (χ3v) is 4.33. The van der Waals surface area contributed by atoms with Gasteiger partial charge >= 0.3 is 0 Å². The summed E-state index contributed by atoms with van der Waals surface area (Å²) in [7, 11) is 0. The number of nitrogens with one attached hydrogen (secondary N) is 2. The van der Waals surface area contributed by atoms with Gasteiger partial charge in [0.05, 0.1) is 0 Å². The molecule has 0 aliphatic heterocycles. The van der Waals surface area contributed by atoms with E-state index in [4.69, 9.17) is 16.3 Å². The maximum atomic E-state index is 14.0. The Balaban J connectivity index is 0.00000312. The van der Waals surface area contributed by atoms with Crippen molar-refractivity contribution in [2.75, 3.05) is 26.3 Å². The first-order chi connectivity index (χ1) is 11.7. The van der Waals surface area contributed by atoms with Crippen LogP contribution < -0.4 is 10.6 Å². The van der Waals surface area contributed by atoms with Crippen LogP contribution in [0.1, 0.15) is 44.6 Å². The molecular formula is C18H28ClFIN3O. The Hall–Kier alpha value is -0.600. The SMILES string of the molecule is CCNC(=NCCCCOCC)NC1CC1c1c(F)cccc1Cl.I. The molecule has 0 bridgehead atoms. The number of ether oxygens (including phenoxy) is 1. The second-order valence-electron chi connectivity index (χ2n) is 5.89. The zero-order valence-corrected chi connectivity index (χ0v) is 17.9. The van der Waals surface area contributed by atoms with Gasteiger partial charge in [-0.1, -0.05) is 17.7 Å². The van der Waals surface area contributed by atoms with Crippen molar-refractivity contribution in [2.24, 2.45) is 4.99 Å². The summed E-state index contributed by atoms with van der Waals surface area (Å²) in [5, 5.41) is 7.12. The number of benzene rings is 1. The molecule has 1 aliphatic rings. The van der Waals surface area contributed by atoms with Crippen LogP contribution in [0, 0.1) is 5.82 Å². The predicted molar refractivity (Wildman–Crippen MR) is 113 cm³/mol. The molecule has 0 amide bonds. The number of halogens is 3. The number of hydrogen-bond donors (Lipinski definition) is 2. The Labute approximate surface area is 172 Å². The minimum Gasteiger partial charge on any atom is -0.382 e. The number of aliphatic imine (C=N–C) groups is 1. The maximum Gasteiger partial charge on any atom is 0.191 e. The van der Waals surface area contributed by atoms with Gasteiger partial charge in [0.25, 0.3) is 0 Å². The van der Waals surface area contributed by atoms with Crippen LogP contribution in [0.3, 0.4) is 0 Å². The van der Waals surface area contributed by atoms with Gasteiger partial charge in [0, 0.05) is 48.8 Å². The summed E-state index contributed by atoms with van der Waals surface area (Å²) in [6.45, 7) is 7.12. The van der Waals surface area contributed by atoms with Crippen LogP contribution in [0.15, 0.2) is 23.2 Å². The highest BCUT2D eigenvalue weighted by Crippen LogP contribution is 2.44. The lowest BCUT2D eigenvalue weighted by molar-refractivity contribution is 0.144. The molecule has 2 N–H and O–H groups in total. The predicted octanol–water partition coefficient (Wildman–Crippen LogP) is 4.32. The molecule has 2 unspecified atom stereocenters. The molecule has 142 valence electrons. The molecule has 4 nitrogen and oxygen atoms in total. The maximum absolute atomic E-state index is 14.0. The second kappa shape index (κ2) is 11.9. The fraction of sp³-hybridized carbons (Fsp3) is 0.611. The largest absolute Gasteiger partial charge is 0.382 e. The molecule has 1 aromatic rings. The molecule has 1 saturated carbocycles. The fourth-order valence-corrected chi connectivity index (χ4v) is 2.99. The van der Waals surface area contributed by atoms with Gasteiger partial charge in [-0.15, -0.1) is 24.0 Å². The number of unbranched alkanes of at least 4 members (excludes halogenated alkanes) is 1. The first-order valence-corrected chi connectivity index (χ1v) is 9.11. The van der Waals surface area contributed by atoms with Gasteiger partial charge < -0.3 is 15.4 Å². The minimum absolute atomic E-state index is 0. The molecule has 2 rings (SSSR count). The molecular weight excluding hydrogens is 456 g/mol. The number of nitrogens with zero attached hydrogens (tertiary/aromatic N) is 1. The third-order valence-electron chi connectivity index (χ3n) is 4.00. The average Bonchev–Trinajstić information content (AvgIpc) is 3.29. The van der Waals surface area contributed by atoms with E-state index in [1.54, 1.807) is 12.1 Å². The highest BCUT2D eigenvalue weighted by molar-refractivity contribution is 14.0. The Bertz CT molecular complexity index is 539. The quantitative estimate of drug-likeness (QED) is 0.238. The molecule has 7 heteroatoms. The van der Waals surface area contributed by atoms with Crippen LogP contribution in [-0.2, 0) is 4.74 Å². The van der Waals surface area contributed by atoms with E-state index in [0.29, 0.717) is 10.6 Å². The summed E-state index contributed by atoms with van der Waals surface area (Å²) in [4.78, 5) is 4.58. The number of guanidine groups is 1. The molecule has 0 radical (unpaired) electrons. The van der Waals surface area contributed by atoms with Gasteiger partial charge in [-0.25, -0.2) is 4.39 Å². The molecule has 0 heterocycles. The smallest absolute Gasteiger partial charge is 0.191 e. The van der Waals surface area contributed by atoms with E-state index in [1.165, 1.54) is 6.07 Å². The third kappa shape index (κ3) is 7.27. The summed E-state index contributed by atoms with van der Waals surface area (Å²) in [5.74, 6) is 0.670. The van der Waals surface area contributed by atoms with Crippen LogP contribution in [0.2, 0.25) is 5.02 Å². The van der Waals surface area contributed by atoms with Gasteiger partial charge in [-0.3, -0.25) is 4.99 Å². The minimum atomic E-state index is -0.227. The average molecular weight is 484 g/mol. The Morgan fingerprint density at radius 1 is 1.36 bits per heavy atom. The van der Waals surface area contributed by atoms with Crippen LogP contribution in [-0.4, -0.2) is 38.3 Å². The zero-order valence-electron chi connectivity index (χ0n) is 14.9. The Kier molecular flexibility index (Phi) is 10.7. The van der Waals surface area contributed by atoms with Crippen molar-refractivity contribution in [3.8, 4) is 0 Å². The van der Waals surface area contributed by atoms with Crippen LogP contribution in [0.5, 0.6) is 0 Å². The van der Waals surface area contributed by atoms with E-state index in [-0.39, 0.29) is 41.8 Å². The summed E-state index contributed by atoms with van der Waals surface area (Å²) < 4.78 is 19.3. The topological polar surface area (TPSA) is 45.7 Å². The van der Waals surface area contributed by atoms with E-state index in [9.17, 15) is 4.39 Å². The van der Waals surface area contributed by atoms with Crippen LogP contribution in [0.25, 0.3) is 0 Å². The molecule has 0 aromatic heterocycles. The molecule has 25 heavy (non-hydrogen) atoms. The van der Waals surface area contributed by atoms with Crippen molar-refractivity contribution in [3.63, 3.8) is 0 Å². The van der Waals surface area contributed by atoms with Gasteiger partial charge in [-0.05, 0) is 45.2 Å². The lowest BCUT2D eigenvalue weighted by atomic mass is 10.1. The summed E-state index contributed by atoms with van der Waals surface area (Å²) >= 11 is 6.15. The van der Waals surface area contributed by atoms with E-state index < -0.39 is 0 Å². The first kappa shape index (κ1) is 22.4.